The van der Waals surface area contributed by atoms with Gasteiger partial charge in [-0.2, -0.15) is 13.2 Å². The lowest BCUT2D eigenvalue weighted by atomic mass is 9.82. The van der Waals surface area contributed by atoms with Gasteiger partial charge in [-0.05, 0) is 25.3 Å². The summed E-state index contributed by atoms with van der Waals surface area (Å²) in [7, 11) is 0. The van der Waals surface area contributed by atoms with E-state index in [9.17, 15) is 18.0 Å². The van der Waals surface area contributed by atoms with Gasteiger partial charge in [0, 0.05) is 0 Å². The molecule has 0 unspecified atom stereocenters. The zero-order valence-corrected chi connectivity index (χ0v) is 12.7. The zero-order valence-electron chi connectivity index (χ0n) is 9.37. The fraction of sp³-hybridized carbons (Fsp3) is 0.500. The molecule has 1 aliphatic rings. The Morgan fingerprint density at radius 3 is 2.32 bits per heavy atom. The molecule has 1 aromatic rings. The summed E-state index contributed by atoms with van der Waals surface area (Å²) in [4.78, 5) is 17.2. The molecule has 0 aliphatic heterocycles. The van der Waals surface area contributed by atoms with Crippen LogP contribution in [0.25, 0.3) is 0 Å². The number of nitrogens with zero attached hydrogens (tertiary/aromatic N) is 2. The lowest BCUT2D eigenvalue weighted by Crippen LogP contribution is -2.30. The highest BCUT2D eigenvalue weighted by Gasteiger charge is 2.42. The van der Waals surface area contributed by atoms with E-state index in [2.05, 4.69) is 25.9 Å². The van der Waals surface area contributed by atoms with Crippen molar-refractivity contribution in [3.8, 4) is 0 Å². The number of alkyl halides is 4. The maximum Gasteiger partial charge on any atom is 0.451 e. The van der Waals surface area contributed by atoms with Crippen LogP contribution in [0.15, 0.2) is 6.07 Å². The predicted octanol–water partition coefficient (Wildman–Crippen LogP) is 3.55. The average Bonchev–Trinajstić information content (AvgIpc) is 2.24. The highest BCUT2D eigenvalue weighted by Crippen LogP contribution is 2.48. The molecule has 1 N–H and O–H groups in total. The van der Waals surface area contributed by atoms with Crippen LogP contribution in [0.3, 0.4) is 0 Å². The van der Waals surface area contributed by atoms with Crippen molar-refractivity contribution in [2.75, 3.05) is 0 Å². The van der Waals surface area contributed by atoms with Gasteiger partial charge in [0.05, 0.1) is 10.0 Å². The second-order valence-electron chi connectivity index (χ2n) is 4.08. The number of carbonyl (C=O) groups is 1. The number of rotatable bonds is 2. The molecule has 106 valence electrons. The summed E-state index contributed by atoms with van der Waals surface area (Å²) < 4.78 is 37.1. The third kappa shape index (κ3) is 3.25. The van der Waals surface area contributed by atoms with Crippen molar-refractivity contribution in [2.24, 2.45) is 0 Å². The van der Waals surface area contributed by atoms with Crippen LogP contribution in [0.5, 0.6) is 0 Å². The van der Waals surface area contributed by atoms with E-state index in [-0.39, 0.29) is 22.7 Å². The number of hydrogen-bond acceptors (Lipinski definition) is 3. The monoisotopic (exact) mass is 404 g/mol. The molecule has 0 aromatic carbocycles. The Labute approximate surface area is 125 Å². The van der Waals surface area contributed by atoms with Crippen molar-refractivity contribution in [3.63, 3.8) is 0 Å². The molecule has 4 nitrogen and oxygen atoms in total. The molecule has 1 saturated carbocycles. The summed E-state index contributed by atoms with van der Waals surface area (Å²) in [5.41, 5.74) is -0.563. The lowest BCUT2D eigenvalue weighted by Gasteiger charge is -2.35. The third-order valence-corrected chi connectivity index (χ3v) is 4.00. The third-order valence-electron chi connectivity index (χ3n) is 2.80. The molecule has 1 aromatic heterocycles. The van der Waals surface area contributed by atoms with Gasteiger partial charge < -0.3 is 5.11 Å². The first-order valence-corrected chi connectivity index (χ1v) is 5.91. The average molecular weight is 406 g/mol. The summed E-state index contributed by atoms with van der Waals surface area (Å²) in [6.45, 7) is 0. The molecule has 9 heteroatoms. The first kappa shape index (κ1) is 16.4. The van der Waals surface area contributed by atoms with Crippen LogP contribution in [0.2, 0.25) is 0 Å². The van der Waals surface area contributed by atoms with Crippen LogP contribution in [-0.4, -0.2) is 21.0 Å². The van der Waals surface area contributed by atoms with E-state index in [0.29, 0.717) is 12.8 Å². The number of aromatic nitrogens is 2. The zero-order chi connectivity index (χ0) is 13.6. The van der Waals surface area contributed by atoms with Gasteiger partial charge in [0.2, 0.25) is 5.82 Å². The Balaban J connectivity index is 0.00000180. The van der Waals surface area contributed by atoms with E-state index in [1.54, 1.807) is 0 Å². The Kier molecular flexibility index (Phi) is 4.61. The van der Waals surface area contributed by atoms with E-state index < -0.39 is 28.0 Å². The minimum absolute atomic E-state index is 0. The number of halogens is 5. The van der Waals surface area contributed by atoms with Crippen LogP contribution < -0.4 is 0 Å². The van der Waals surface area contributed by atoms with Gasteiger partial charge in [-0.1, -0.05) is 15.9 Å². The van der Waals surface area contributed by atoms with E-state index in [1.165, 1.54) is 0 Å². The largest absolute Gasteiger partial charge is 0.477 e. The molecule has 0 radical (unpaired) electrons. The van der Waals surface area contributed by atoms with Gasteiger partial charge in [0.25, 0.3) is 0 Å². The molecule has 0 saturated heterocycles. The second-order valence-corrected chi connectivity index (χ2v) is 5.60. The van der Waals surface area contributed by atoms with Gasteiger partial charge in [0.1, 0.15) is 0 Å². The van der Waals surface area contributed by atoms with E-state index in [4.69, 9.17) is 5.11 Å². The van der Waals surface area contributed by atoms with E-state index >= 15 is 0 Å². The summed E-state index contributed by atoms with van der Waals surface area (Å²) in [6, 6.07) is 1.09. The number of aromatic carboxylic acids is 1. The van der Waals surface area contributed by atoms with Gasteiger partial charge in [-0.15, -0.1) is 17.0 Å². The summed E-state index contributed by atoms with van der Waals surface area (Å²) >= 11 is 3.31. The van der Waals surface area contributed by atoms with Gasteiger partial charge in [-0.3, -0.25) is 0 Å². The van der Waals surface area contributed by atoms with Crippen LogP contribution >= 0.6 is 32.9 Å². The minimum atomic E-state index is -4.76. The van der Waals surface area contributed by atoms with Crippen molar-refractivity contribution in [1.82, 2.24) is 9.97 Å². The normalized spacial score (nSPS) is 17.3. The fourth-order valence-corrected chi connectivity index (χ4v) is 2.42. The lowest BCUT2D eigenvalue weighted by molar-refractivity contribution is -0.145. The molecule has 2 rings (SSSR count). The molecule has 1 heterocycles. The van der Waals surface area contributed by atoms with Gasteiger partial charge in [0.15, 0.2) is 5.69 Å². The maximum atomic E-state index is 12.6. The predicted molar refractivity (Wildman–Crippen MR) is 68.8 cm³/mol. The molecular formula is C10H9Br2F3N2O2. The summed E-state index contributed by atoms with van der Waals surface area (Å²) in [5.74, 6) is -2.91. The topological polar surface area (TPSA) is 63.1 Å². The van der Waals surface area contributed by atoms with Gasteiger partial charge >= 0.3 is 12.1 Å². The number of carboxylic acid groups (broad SMARTS) is 1. The highest BCUT2D eigenvalue weighted by molar-refractivity contribution is 9.09. The summed E-state index contributed by atoms with van der Waals surface area (Å²) in [6.07, 6.45) is -2.65. The molecule has 19 heavy (non-hydrogen) atoms. The van der Waals surface area contributed by atoms with E-state index in [1.807, 2.05) is 0 Å². The Bertz CT molecular complexity index is 504. The molecule has 0 amide bonds. The first-order valence-electron chi connectivity index (χ1n) is 5.11. The van der Waals surface area contributed by atoms with Crippen molar-refractivity contribution < 1.29 is 23.1 Å². The highest BCUT2D eigenvalue weighted by atomic mass is 79.9. The fourth-order valence-electron chi connectivity index (χ4n) is 1.66. The number of carboxylic acids is 1. The molecular weight excluding hydrogens is 397 g/mol. The molecule has 1 aliphatic carbocycles. The number of hydrogen-bond donors (Lipinski definition) is 1. The summed E-state index contributed by atoms with van der Waals surface area (Å²) in [5, 5.41) is 8.78. The van der Waals surface area contributed by atoms with Crippen molar-refractivity contribution in [3.05, 3.63) is 23.3 Å². The molecule has 0 bridgehead atoms. The first-order chi connectivity index (χ1) is 8.22. The van der Waals surface area contributed by atoms with Crippen molar-refractivity contribution in [1.29, 1.82) is 0 Å². The minimum Gasteiger partial charge on any atom is -0.477 e. The van der Waals surface area contributed by atoms with Crippen LogP contribution in [0.4, 0.5) is 13.2 Å². The smallest absolute Gasteiger partial charge is 0.451 e. The van der Waals surface area contributed by atoms with Crippen LogP contribution in [0.1, 0.15) is 41.3 Å². The molecule has 0 spiro atoms. The van der Waals surface area contributed by atoms with Gasteiger partial charge in [-0.25, -0.2) is 14.8 Å². The molecule has 1 fully saturated rings. The van der Waals surface area contributed by atoms with Crippen molar-refractivity contribution >= 4 is 38.9 Å². The second kappa shape index (κ2) is 5.35. The van der Waals surface area contributed by atoms with Crippen molar-refractivity contribution in [2.45, 2.75) is 29.8 Å². The Hall–Kier alpha value is -0.700. The SMILES string of the molecule is Br.O=C(O)c1cc(C2(Br)CCC2)nc(C(F)(F)F)n1. The maximum absolute atomic E-state index is 12.6. The van der Waals surface area contributed by atoms with Crippen LogP contribution in [0, 0.1) is 0 Å². The Morgan fingerprint density at radius 2 is 1.95 bits per heavy atom. The van der Waals surface area contributed by atoms with E-state index in [0.717, 1.165) is 12.5 Å². The Morgan fingerprint density at radius 1 is 1.37 bits per heavy atom. The molecule has 0 atom stereocenters. The standard InChI is InChI=1S/C10H8BrF3N2O2.BrH/c11-9(2-1-3-9)6-4-5(7(17)18)15-8(16-6)10(12,13)14;/h4H,1-3H2,(H,17,18);1H. The quantitative estimate of drug-likeness (QED) is 0.764. The van der Waals surface area contributed by atoms with Crippen LogP contribution in [-0.2, 0) is 10.5 Å².